The zero-order valence-electron chi connectivity index (χ0n) is 13.7. The number of carbonyl (C=O) groups is 2. The average Bonchev–Trinajstić information content (AvgIpc) is 2.58. The fourth-order valence-electron chi connectivity index (χ4n) is 2.56. The highest BCUT2D eigenvalue weighted by Crippen LogP contribution is 2.32. The van der Waals surface area contributed by atoms with Crippen molar-refractivity contribution in [3.8, 4) is 5.75 Å². The number of hydrogen-bond donors (Lipinski definition) is 2. The molecular weight excluding hydrogens is 344 g/mol. The highest BCUT2D eigenvalue weighted by Gasteiger charge is 2.34. The summed E-state index contributed by atoms with van der Waals surface area (Å²) in [5.74, 6) is 0.154. The van der Waals surface area contributed by atoms with Gasteiger partial charge in [0.1, 0.15) is 11.9 Å². The number of benzene rings is 1. The summed E-state index contributed by atoms with van der Waals surface area (Å²) in [5.41, 5.74) is 7.05. The summed E-state index contributed by atoms with van der Waals surface area (Å²) in [5, 5.41) is 3.35. The summed E-state index contributed by atoms with van der Waals surface area (Å²) in [4.78, 5) is 30.4. The van der Waals surface area contributed by atoms with Crippen LogP contribution in [0.3, 0.4) is 0 Å². The zero-order valence-corrected chi connectivity index (χ0v) is 14.5. The minimum atomic E-state index is -0.803. The van der Waals surface area contributed by atoms with Crippen molar-refractivity contribution in [3.63, 3.8) is 0 Å². The Kier molecular flexibility index (Phi) is 4.50. The van der Waals surface area contributed by atoms with Gasteiger partial charge in [-0.25, -0.2) is 4.98 Å². The van der Waals surface area contributed by atoms with Crippen LogP contribution in [-0.2, 0) is 9.59 Å². The van der Waals surface area contributed by atoms with E-state index in [-0.39, 0.29) is 30.1 Å². The Labute approximate surface area is 149 Å². The molecule has 8 heteroatoms. The third kappa shape index (κ3) is 3.23. The van der Waals surface area contributed by atoms with Gasteiger partial charge in [-0.05, 0) is 43.7 Å². The Morgan fingerprint density at radius 1 is 1.40 bits per heavy atom. The van der Waals surface area contributed by atoms with Crippen LogP contribution in [0.2, 0.25) is 5.02 Å². The van der Waals surface area contributed by atoms with Gasteiger partial charge in [-0.15, -0.1) is 0 Å². The Balaban J connectivity index is 1.88. The van der Waals surface area contributed by atoms with E-state index in [1.54, 1.807) is 44.2 Å². The molecular formula is C17H17ClN4O3. The lowest BCUT2D eigenvalue weighted by molar-refractivity contribution is -0.125. The van der Waals surface area contributed by atoms with Gasteiger partial charge in [-0.1, -0.05) is 17.7 Å². The lowest BCUT2D eigenvalue weighted by Crippen LogP contribution is -2.50. The van der Waals surface area contributed by atoms with Crippen LogP contribution in [0.4, 0.5) is 17.3 Å². The first-order valence-electron chi connectivity index (χ1n) is 7.66. The predicted octanol–water partition coefficient (Wildman–Crippen LogP) is 2.38. The number of carbonyl (C=O) groups excluding carboxylic acids is 2. The number of nitrogens with two attached hydrogens (primary N) is 1. The normalized spacial score (nSPS) is 14.5. The number of pyridine rings is 1. The van der Waals surface area contributed by atoms with Crippen molar-refractivity contribution in [1.29, 1.82) is 0 Å². The minimum absolute atomic E-state index is 0.160. The van der Waals surface area contributed by atoms with Crippen molar-refractivity contribution in [2.75, 3.05) is 22.6 Å². The molecule has 0 saturated heterocycles. The summed E-state index contributed by atoms with van der Waals surface area (Å²) in [6.45, 7) is 3.26. The quantitative estimate of drug-likeness (QED) is 0.875. The molecule has 0 radical (unpaired) electrons. The number of nitrogens with one attached hydrogen (secondary N) is 1. The van der Waals surface area contributed by atoms with Crippen LogP contribution >= 0.6 is 11.6 Å². The SMILES string of the molecule is Cc1c(Cl)cccc1NC(=O)C(C)N1C(=O)COc2ccc(N)nc21. The van der Waals surface area contributed by atoms with Gasteiger partial charge >= 0.3 is 0 Å². The molecule has 0 spiro atoms. The first-order valence-corrected chi connectivity index (χ1v) is 8.03. The van der Waals surface area contributed by atoms with Crippen LogP contribution in [0.5, 0.6) is 5.75 Å². The third-order valence-electron chi connectivity index (χ3n) is 4.00. The van der Waals surface area contributed by atoms with Crippen molar-refractivity contribution in [3.05, 3.63) is 40.9 Å². The minimum Gasteiger partial charge on any atom is -0.480 e. The summed E-state index contributed by atoms with van der Waals surface area (Å²) < 4.78 is 5.35. The number of halogens is 1. The molecule has 2 heterocycles. The second-order valence-electron chi connectivity index (χ2n) is 5.69. The third-order valence-corrected chi connectivity index (χ3v) is 4.41. The largest absolute Gasteiger partial charge is 0.480 e. The molecule has 2 amide bonds. The van der Waals surface area contributed by atoms with Gasteiger partial charge in [0.15, 0.2) is 18.2 Å². The molecule has 2 aromatic rings. The Bertz CT molecular complexity index is 856. The standard InChI is InChI=1S/C17H17ClN4O3/c1-9-11(18)4-3-5-12(9)20-17(24)10(2)22-15(23)8-25-13-6-7-14(19)21-16(13)22/h3-7,10H,8H2,1-2H3,(H2,19,21)(H,20,24). The van der Waals surface area contributed by atoms with Gasteiger partial charge in [0.05, 0.1) is 0 Å². The van der Waals surface area contributed by atoms with Crippen molar-refractivity contribution < 1.29 is 14.3 Å². The van der Waals surface area contributed by atoms with Gasteiger partial charge < -0.3 is 15.8 Å². The fourth-order valence-corrected chi connectivity index (χ4v) is 2.73. The van der Waals surface area contributed by atoms with Gasteiger partial charge in [-0.2, -0.15) is 0 Å². The molecule has 0 saturated carbocycles. The van der Waals surface area contributed by atoms with E-state index >= 15 is 0 Å². The number of ether oxygens (including phenoxy) is 1. The molecule has 1 aliphatic heterocycles. The molecule has 0 fully saturated rings. The smallest absolute Gasteiger partial charge is 0.266 e. The number of nitrogen functional groups attached to an aromatic ring is 1. The first-order chi connectivity index (χ1) is 11.9. The number of aromatic nitrogens is 1. The number of fused-ring (bicyclic) bond motifs is 1. The van der Waals surface area contributed by atoms with Crippen molar-refractivity contribution in [1.82, 2.24) is 4.98 Å². The van der Waals surface area contributed by atoms with E-state index in [2.05, 4.69) is 10.3 Å². The number of rotatable bonds is 3. The first kappa shape index (κ1) is 17.0. The number of amides is 2. The number of nitrogens with zero attached hydrogens (tertiary/aromatic N) is 2. The molecule has 1 aromatic carbocycles. The number of hydrogen-bond acceptors (Lipinski definition) is 5. The van der Waals surface area contributed by atoms with E-state index in [0.717, 1.165) is 5.56 Å². The van der Waals surface area contributed by atoms with E-state index in [4.69, 9.17) is 22.1 Å². The van der Waals surface area contributed by atoms with Gasteiger partial charge in [0, 0.05) is 10.7 Å². The van der Waals surface area contributed by atoms with Crippen LogP contribution in [-0.4, -0.2) is 29.4 Å². The molecule has 25 heavy (non-hydrogen) atoms. The van der Waals surface area contributed by atoms with Gasteiger partial charge in [-0.3, -0.25) is 14.5 Å². The van der Waals surface area contributed by atoms with Crippen LogP contribution < -0.4 is 20.7 Å². The maximum atomic E-state index is 12.7. The number of anilines is 3. The molecule has 7 nitrogen and oxygen atoms in total. The maximum absolute atomic E-state index is 12.7. The molecule has 130 valence electrons. The lowest BCUT2D eigenvalue weighted by atomic mass is 10.1. The maximum Gasteiger partial charge on any atom is 0.266 e. The van der Waals surface area contributed by atoms with Gasteiger partial charge in [0.25, 0.3) is 5.91 Å². The second kappa shape index (κ2) is 6.60. The molecule has 1 aliphatic rings. The van der Waals surface area contributed by atoms with Crippen LogP contribution in [0, 0.1) is 6.92 Å². The zero-order chi connectivity index (χ0) is 18.1. The van der Waals surface area contributed by atoms with E-state index < -0.39 is 6.04 Å². The van der Waals surface area contributed by atoms with E-state index in [0.29, 0.717) is 16.5 Å². The van der Waals surface area contributed by atoms with Crippen LogP contribution in [0.1, 0.15) is 12.5 Å². The second-order valence-corrected chi connectivity index (χ2v) is 6.10. The Morgan fingerprint density at radius 3 is 2.92 bits per heavy atom. The molecule has 1 atom stereocenters. The topological polar surface area (TPSA) is 97.5 Å². The average molecular weight is 361 g/mol. The van der Waals surface area contributed by atoms with E-state index in [1.807, 2.05) is 0 Å². The highest BCUT2D eigenvalue weighted by molar-refractivity contribution is 6.31. The van der Waals surface area contributed by atoms with Crippen molar-refractivity contribution >= 4 is 40.7 Å². The monoisotopic (exact) mass is 360 g/mol. The summed E-state index contributed by atoms with van der Waals surface area (Å²) in [6.07, 6.45) is 0. The molecule has 0 bridgehead atoms. The molecule has 3 N–H and O–H groups in total. The van der Waals surface area contributed by atoms with Crippen molar-refractivity contribution in [2.24, 2.45) is 0 Å². The lowest BCUT2D eigenvalue weighted by Gasteiger charge is -2.32. The van der Waals surface area contributed by atoms with E-state index in [9.17, 15) is 9.59 Å². The van der Waals surface area contributed by atoms with Crippen molar-refractivity contribution in [2.45, 2.75) is 19.9 Å². The summed E-state index contributed by atoms with van der Waals surface area (Å²) in [7, 11) is 0. The van der Waals surface area contributed by atoms with Crippen LogP contribution in [0.25, 0.3) is 0 Å². The molecule has 0 aliphatic carbocycles. The highest BCUT2D eigenvalue weighted by atomic mass is 35.5. The predicted molar refractivity (Wildman–Crippen MR) is 95.9 cm³/mol. The Morgan fingerprint density at radius 2 is 2.16 bits per heavy atom. The van der Waals surface area contributed by atoms with E-state index in [1.165, 1.54) is 4.90 Å². The Hall–Kier alpha value is -2.80. The fraction of sp³-hybridized carbons (Fsp3) is 0.235. The summed E-state index contributed by atoms with van der Waals surface area (Å²) in [6, 6.07) is 7.63. The molecule has 1 aromatic heterocycles. The molecule has 1 unspecified atom stereocenters. The van der Waals surface area contributed by atoms with Gasteiger partial charge in [0.2, 0.25) is 5.91 Å². The van der Waals surface area contributed by atoms with Crippen LogP contribution in [0.15, 0.2) is 30.3 Å². The molecule has 3 rings (SSSR count). The summed E-state index contributed by atoms with van der Waals surface area (Å²) >= 11 is 6.08.